The predicted molar refractivity (Wildman–Crippen MR) is 109 cm³/mol. The third-order valence-electron chi connectivity index (χ3n) is 4.60. The monoisotopic (exact) mass is 449 g/mol. The molecule has 23 heavy (non-hydrogen) atoms. The number of rotatable bonds is 7. The van der Waals surface area contributed by atoms with Crippen LogP contribution in [0.3, 0.4) is 0 Å². The van der Waals surface area contributed by atoms with Crippen molar-refractivity contribution in [3.8, 4) is 0 Å². The molecule has 0 aliphatic heterocycles. The maximum absolute atomic E-state index is 12.1. The Balaban J connectivity index is 0.00000264. The molecular formula is C17H28IN3OS. The molecule has 0 saturated heterocycles. The number of nitrogens with zero attached hydrogens (tertiary/aromatic N) is 1. The fourth-order valence-corrected chi connectivity index (χ4v) is 3.76. The molecule has 1 atom stereocenters. The number of benzene rings is 1. The minimum atomic E-state index is -0.960. The predicted octanol–water partition coefficient (Wildman–Crippen LogP) is 3.16. The summed E-state index contributed by atoms with van der Waals surface area (Å²) in [6.45, 7) is 3.89. The fraction of sp³-hybridized carbons (Fsp3) is 0.588. The van der Waals surface area contributed by atoms with E-state index in [1.54, 1.807) is 7.05 Å². The zero-order valence-electron chi connectivity index (χ0n) is 14.0. The molecule has 6 heteroatoms. The highest BCUT2D eigenvalue weighted by Gasteiger charge is 2.34. The van der Waals surface area contributed by atoms with Crippen LogP contribution in [0.15, 0.2) is 40.2 Å². The Hall–Kier alpha value is -0.630. The van der Waals surface area contributed by atoms with Gasteiger partial charge in [-0.15, -0.1) is 24.0 Å². The first-order valence-electron chi connectivity index (χ1n) is 8.07. The number of aliphatic imine (C=N–C) groups is 1. The Morgan fingerprint density at radius 1 is 1.26 bits per heavy atom. The van der Waals surface area contributed by atoms with Crippen LogP contribution in [0, 0.1) is 5.41 Å². The molecule has 1 aliphatic carbocycles. The zero-order valence-corrected chi connectivity index (χ0v) is 17.2. The molecule has 1 saturated carbocycles. The molecule has 0 aromatic heterocycles. The van der Waals surface area contributed by atoms with E-state index in [2.05, 4.69) is 22.5 Å². The van der Waals surface area contributed by atoms with Crippen molar-refractivity contribution < 1.29 is 4.21 Å². The van der Waals surface area contributed by atoms with Gasteiger partial charge in [0.25, 0.3) is 0 Å². The first-order valence-corrected chi connectivity index (χ1v) is 9.39. The van der Waals surface area contributed by atoms with Crippen LogP contribution in [0.2, 0.25) is 0 Å². The van der Waals surface area contributed by atoms with Gasteiger partial charge in [0.1, 0.15) is 0 Å². The van der Waals surface area contributed by atoms with Crippen molar-refractivity contribution >= 4 is 40.7 Å². The van der Waals surface area contributed by atoms with Gasteiger partial charge in [-0.2, -0.15) is 0 Å². The highest BCUT2D eigenvalue weighted by atomic mass is 127. The molecule has 1 fully saturated rings. The number of hydrogen-bond donors (Lipinski definition) is 2. The third kappa shape index (κ3) is 6.06. The van der Waals surface area contributed by atoms with E-state index in [-0.39, 0.29) is 24.0 Å². The van der Waals surface area contributed by atoms with Gasteiger partial charge in [-0.05, 0) is 36.8 Å². The average Bonchev–Trinajstić information content (AvgIpc) is 2.53. The molecule has 1 aliphatic rings. The number of hydrogen-bond acceptors (Lipinski definition) is 2. The largest absolute Gasteiger partial charge is 0.356 e. The second kappa shape index (κ2) is 10.3. The molecule has 0 bridgehead atoms. The summed E-state index contributed by atoms with van der Waals surface area (Å²) in [4.78, 5) is 5.13. The summed E-state index contributed by atoms with van der Waals surface area (Å²) >= 11 is 0. The first kappa shape index (κ1) is 20.4. The van der Waals surface area contributed by atoms with Gasteiger partial charge in [0.15, 0.2) is 5.96 Å². The standard InChI is InChI=1S/C17H27N3OS.HI/c1-3-17(10-7-11-17)14-20-16(18-2)19-12-13-22(21)15-8-5-4-6-9-15;/h4-6,8-9H,3,7,10-14H2,1-2H3,(H2,18,19,20);1H. The summed E-state index contributed by atoms with van der Waals surface area (Å²) in [6, 6.07) is 9.60. The summed E-state index contributed by atoms with van der Waals surface area (Å²) in [7, 11) is 0.820. The van der Waals surface area contributed by atoms with Crippen LogP contribution >= 0.6 is 24.0 Å². The average molecular weight is 449 g/mol. The molecule has 0 amide bonds. The molecule has 130 valence electrons. The molecular weight excluding hydrogens is 421 g/mol. The lowest BCUT2D eigenvalue weighted by atomic mass is 9.67. The summed E-state index contributed by atoms with van der Waals surface area (Å²) in [5.74, 6) is 1.40. The van der Waals surface area contributed by atoms with Crippen molar-refractivity contribution in [2.75, 3.05) is 25.9 Å². The molecule has 4 nitrogen and oxygen atoms in total. The summed E-state index contributed by atoms with van der Waals surface area (Å²) in [5, 5.41) is 6.68. The van der Waals surface area contributed by atoms with Gasteiger partial charge in [0, 0.05) is 30.8 Å². The van der Waals surface area contributed by atoms with Crippen LogP contribution in [0.4, 0.5) is 0 Å². The quantitative estimate of drug-likeness (QED) is 0.382. The van der Waals surface area contributed by atoms with E-state index >= 15 is 0 Å². The summed E-state index contributed by atoms with van der Waals surface area (Å²) in [5.41, 5.74) is 0.463. The van der Waals surface area contributed by atoms with Crippen molar-refractivity contribution in [1.82, 2.24) is 10.6 Å². The molecule has 0 spiro atoms. The van der Waals surface area contributed by atoms with E-state index in [1.807, 2.05) is 30.3 Å². The Morgan fingerprint density at radius 2 is 1.96 bits per heavy atom. The van der Waals surface area contributed by atoms with Gasteiger partial charge in [-0.3, -0.25) is 9.20 Å². The Kier molecular flexibility index (Phi) is 9.12. The molecule has 2 rings (SSSR count). The van der Waals surface area contributed by atoms with Crippen LogP contribution in [0.5, 0.6) is 0 Å². The second-order valence-corrected chi connectivity index (χ2v) is 7.49. The Labute approximate surface area is 159 Å². The highest BCUT2D eigenvalue weighted by molar-refractivity contribution is 14.0. The van der Waals surface area contributed by atoms with E-state index in [0.717, 1.165) is 17.4 Å². The summed E-state index contributed by atoms with van der Waals surface area (Å²) < 4.78 is 12.1. The van der Waals surface area contributed by atoms with Gasteiger partial charge < -0.3 is 10.6 Å². The van der Waals surface area contributed by atoms with Crippen molar-refractivity contribution in [2.24, 2.45) is 10.4 Å². The topological polar surface area (TPSA) is 53.5 Å². The number of halogens is 1. The number of guanidine groups is 1. The normalized spacial score (nSPS) is 17.6. The smallest absolute Gasteiger partial charge is 0.191 e. The van der Waals surface area contributed by atoms with Gasteiger partial charge in [0.2, 0.25) is 0 Å². The fourth-order valence-electron chi connectivity index (χ4n) is 2.78. The van der Waals surface area contributed by atoms with E-state index in [4.69, 9.17) is 0 Å². The highest BCUT2D eigenvalue weighted by Crippen LogP contribution is 2.42. The second-order valence-electron chi connectivity index (χ2n) is 5.92. The minimum Gasteiger partial charge on any atom is -0.356 e. The lowest BCUT2D eigenvalue weighted by Crippen LogP contribution is -2.46. The van der Waals surface area contributed by atoms with E-state index in [1.165, 1.54) is 25.7 Å². The van der Waals surface area contributed by atoms with Crippen LogP contribution in [0.25, 0.3) is 0 Å². The maximum Gasteiger partial charge on any atom is 0.191 e. The minimum absolute atomic E-state index is 0. The molecule has 1 aromatic rings. The van der Waals surface area contributed by atoms with E-state index < -0.39 is 10.8 Å². The first-order chi connectivity index (χ1) is 10.7. The summed E-state index contributed by atoms with van der Waals surface area (Å²) in [6.07, 6.45) is 5.18. The van der Waals surface area contributed by atoms with Gasteiger partial charge >= 0.3 is 0 Å². The Bertz CT molecular complexity index is 512. The van der Waals surface area contributed by atoms with Crippen LogP contribution in [0.1, 0.15) is 32.6 Å². The molecule has 2 N–H and O–H groups in total. The number of nitrogens with one attached hydrogen (secondary N) is 2. The lowest BCUT2D eigenvalue weighted by molar-refractivity contribution is 0.131. The van der Waals surface area contributed by atoms with E-state index in [0.29, 0.717) is 17.7 Å². The SMILES string of the molecule is CCC1(CNC(=NC)NCCS(=O)c2ccccc2)CCC1.I. The van der Waals surface area contributed by atoms with E-state index in [9.17, 15) is 4.21 Å². The van der Waals surface area contributed by atoms with Crippen molar-refractivity contribution in [3.05, 3.63) is 30.3 Å². The van der Waals surface area contributed by atoms with Crippen molar-refractivity contribution in [2.45, 2.75) is 37.5 Å². The van der Waals surface area contributed by atoms with Gasteiger partial charge in [-0.1, -0.05) is 31.5 Å². The molecule has 0 radical (unpaired) electrons. The van der Waals surface area contributed by atoms with Crippen LogP contribution < -0.4 is 10.6 Å². The molecule has 0 heterocycles. The maximum atomic E-state index is 12.1. The third-order valence-corrected chi connectivity index (χ3v) is 5.98. The van der Waals surface area contributed by atoms with Crippen LogP contribution in [-0.4, -0.2) is 36.1 Å². The molecule has 1 aromatic carbocycles. The molecule has 1 unspecified atom stereocenters. The van der Waals surface area contributed by atoms with Crippen molar-refractivity contribution in [1.29, 1.82) is 0 Å². The van der Waals surface area contributed by atoms with Gasteiger partial charge in [-0.25, -0.2) is 0 Å². The zero-order chi connectivity index (χ0) is 15.8. The van der Waals surface area contributed by atoms with Crippen molar-refractivity contribution in [3.63, 3.8) is 0 Å². The van der Waals surface area contributed by atoms with Gasteiger partial charge in [0.05, 0.1) is 10.8 Å². The Morgan fingerprint density at radius 3 is 2.48 bits per heavy atom. The van der Waals surface area contributed by atoms with Crippen LogP contribution in [-0.2, 0) is 10.8 Å². The lowest BCUT2D eigenvalue weighted by Gasteiger charge is -2.41.